The fourth-order valence-electron chi connectivity index (χ4n) is 0.612. The van der Waals surface area contributed by atoms with E-state index in [0.717, 1.165) is 6.29 Å². The van der Waals surface area contributed by atoms with Crippen molar-refractivity contribution >= 4 is 30.0 Å². The van der Waals surface area contributed by atoms with Crippen LogP contribution in [-0.4, -0.2) is 36.8 Å². The monoisotopic (exact) mass is 219 g/mol. The van der Waals surface area contributed by atoms with Gasteiger partial charge in [0, 0.05) is 17.9 Å². The summed E-state index contributed by atoms with van der Waals surface area (Å²) in [7, 11) is 1.45. The maximum atomic E-state index is 10.3. The normalized spacial score (nSPS) is 10.8. The van der Waals surface area contributed by atoms with Crippen LogP contribution in [0.3, 0.4) is 0 Å². The molecule has 0 aromatic rings. The van der Waals surface area contributed by atoms with Crippen LogP contribution in [0.25, 0.3) is 0 Å². The van der Waals surface area contributed by atoms with Gasteiger partial charge in [0.15, 0.2) is 0 Å². The highest BCUT2D eigenvalue weighted by atomic mass is 32.2. The maximum absolute atomic E-state index is 10.3. The second kappa shape index (κ2) is 8.36. The molecule has 0 aliphatic carbocycles. The largest absolute Gasteiger partial charge is 0.483 e. The van der Waals surface area contributed by atoms with Gasteiger partial charge in [-0.15, -0.1) is 5.10 Å². The third-order valence-corrected chi connectivity index (χ3v) is 2.04. The molecule has 0 aromatic carbocycles. The van der Waals surface area contributed by atoms with Gasteiger partial charge in [-0.3, -0.25) is 0 Å². The van der Waals surface area contributed by atoms with Gasteiger partial charge in [-0.05, 0) is 0 Å². The average Bonchev–Trinajstić information content (AvgIpc) is 2.16. The average molecular weight is 219 g/mol. The van der Waals surface area contributed by atoms with E-state index in [2.05, 4.69) is 10.5 Å². The standard InChI is InChI=1S/C7H13N3O3S/c1-13-6(9-10-7(8)12)2-4-14-5-3-11/h3H,2,4-5H2,1H3,(H3,8,10,12). The summed E-state index contributed by atoms with van der Waals surface area (Å²) in [6.45, 7) is 0. The molecular weight excluding hydrogens is 206 g/mol. The van der Waals surface area contributed by atoms with Crippen molar-refractivity contribution in [3.63, 3.8) is 0 Å². The van der Waals surface area contributed by atoms with Gasteiger partial charge in [-0.1, -0.05) is 0 Å². The molecule has 0 radical (unpaired) electrons. The van der Waals surface area contributed by atoms with E-state index in [1.807, 2.05) is 0 Å². The number of ether oxygens (including phenoxy) is 1. The van der Waals surface area contributed by atoms with E-state index in [-0.39, 0.29) is 0 Å². The number of nitrogens with two attached hydrogens (primary N) is 1. The minimum atomic E-state index is -0.736. The van der Waals surface area contributed by atoms with Crippen molar-refractivity contribution in [1.82, 2.24) is 5.43 Å². The Morgan fingerprint density at radius 1 is 1.71 bits per heavy atom. The third kappa shape index (κ3) is 7.41. The number of rotatable bonds is 6. The number of hydrogen-bond donors (Lipinski definition) is 2. The van der Waals surface area contributed by atoms with Crippen molar-refractivity contribution in [3.8, 4) is 0 Å². The van der Waals surface area contributed by atoms with Gasteiger partial charge in [-0.2, -0.15) is 11.8 Å². The van der Waals surface area contributed by atoms with E-state index >= 15 is 0 Å². The zero-order valence-electron chi connectivity index (χ0n) is 7.86. The smallest absolute Gasteiger partial charge is 0.332 e. The SMILES string of the molecule is COC(CCSCC=O)=NNC(N)=O. The molecule has 6 nitrogen and oxygen atoms in total. The summed E-state index contributed by atoms with van der Waals surface area (Å²) in [6.07, 6.45) is 1.37. The number of nitrogens with zero attached hydrogens (tertiary/aromatic N) is 1. The number of aldehydes is 1. The zero-order valence-corrected chi connectivity index (χ0v) is 8.67. The predicted octanol–water partition coefficient (Wildman–Crippen LogP) is -0.0632. The lowest BCUT2D eigenvalue weighted by molar-refractivity contribution is -0.105. The van der Waals surface area contributed by atoms with Crippen LogP contribution in [0.2, 0.25) is 0 Å². The second-order valence-corrected chi connectivity index (χ2v) is 3.33. The molecule has 7 heteroatoms. The number of carbonyl (C=O) groups excluding carboxylic acids is 2. The lowest BCUT2D eigenvalue weighted by atomic mass is 10.5. The van der Waals surface area contributed by atoms with Gasteiger partial charge in [0.1, 0.15) is 6.29 Å². The van der Waals surface area contributed by atoms with Crippen LogP contribution in [-0.2, 0) is 9.53 Å². The minimum absolute atomic E-state index is 0.377. The van der Waals surface area contributed by atoms with Gasteiger partial charge >= 0.3 is 6.03 Å². The summed E-state index contributed by atoms with van der Waals surface area (Å²) in [5.41, 5.74) is 6.87. The molecule has 0 rings (SSSR count). The quantitative estimate of drug-likeness (QED) is 0.215. The van der Waals surface area contributed by atoms with E-state index in [4.69, 9.17) is 10.5 Å². The number of methoxy groups -OCH3 is 1. The second-order valence-electron chi connectivity index (χ2n) is 2.18. The molecule has 14 heavy (non-hydrogen) atoms. The number of nitrogens with one attached hydrogen (secondary N) is 1. The molecule has 0 saturated carbocycles. The fourth-order valence-corrected chi connectivity index (χ4v) is 1.19. The van der Waals surface area contributed by atoms with Crippen molar-refractivity contribution in [2.24, 2.45) is 10.8 Å². The number of hydrogen-bond acceptors (Lipinski definition) is 5. The molecule has 0 atom stereocenters. The Kier molecular flexibility index (Phi) is 7.62. The van der Waals surface area contributed by atoms with E-state index in [1.54, 1.807) is 0 Å². The van der Waals surface area contributed by atoms with Gasteiger partial charge < -0.3 is 15.3 Å². The van der Waals surface area contributed by atoms with Crippen molar-refractivity contribution in [2.75, 3.05) is 18.6 Å². The first-order valence-electron chi connectivity index (χ1n) is 3.88. The molecule has 3 N–H and O–H groups in total. The Labute approximate surface area is 86.2 Å². The third-order valence-electron chi connectivity index (χ3n) is 1.17. The Morgan fingerprint density at radius 3 is 2.93 bits per heavy atom. The highest BCUT2D eigenvalue weighted by Gasteiger charge is 1.99. The molecule has 2 amide bonds. The molecule has 0 spiro atoms. The lowest BCUT2D eigenvalue weighted by Crippen LogP contribution is -2.26. The molecule has 0 aliphatic rings. The van der Waals surface area contributed by atoms with Crippen LogP contribution in [0, 0.1) is 0 Å². The summed E-state index contributed by atoms with van der Waals surface area (Å²) in [5.74, 6) is 1.52. The molecule has 0 aliphatic heterocycles. The molecule has 0 saturated heterocycles. The molecular formula is C7H13N3O3S. The maximum Gasteiger partial charge on any atom is 0.332 e. The van der Waals surface area contributed by atoms with E-state index < -0.39 is 6.03 Å². The summed E-state index contributed by atoms with van der Waals surface area (Å²) >= 11 is 1.46. The zero-order chi connectivity index (χ0) is 10.8. The van der Waals surface area contributed by atoms with Crippen molar-refractivity contribution < 1.29 is 14.3 Å². The first kappa shape index (κ1) is 12.8. The van der Waals surface area contributed by atoms with E-state index in [9.17, 15) is 9.59 Å². The van der Waals surface area contributed by atoms with Gasteiger partial charge in [0.25, 0.3) is 0 Å². The van der Waals surface area contributed by atoms with Gasteiger partial charge in [0.05, 0.1) is 7.11 Å². The fraction of sp³-hybridized carbons (Fsp3) is 0.571. The first-order valence-corrected chi connectivity index (χ1v) is 5.03. The number of carbonyl (C=O) groups is 2. The minimum Gasteiger partial charge on any atom is -0.483 e. The van der Waals surface area contributed by atoms with Crippen LogP contribution in [0.15, 0.2) is 5.10 Å². The van der Waals surface area contributed by atoms with Crippen molar-refractivity contribution in [3.05, 3.63) is 0 Å². The Balaban J connectivity index is 3.72. The van der Waals surface area contributed by atoms with E-state index in [1.165, 1.54) is 18.9 Å². The number of primary amides is 1. The van der Waals surface area contributed by atoms with Crippen LogP contribution >= 0.6 is 11.8 Å². The Bertz CT molecular complexity index is 220. The topological polar surface area (TPSA) is 93.8 Å². The van der Waals surface area contributed by atoms with Crippen molar-refractivity contribution in [1.29, 1.82) is 0 Å². The van der Waals surface area contributed by atoms with Crippen LogP contribution < -0.4 is 11.2 Å². The predicted molar refractivity (Wildman–Crippen MR) is 55.2 cm³/mol. The first-order chi connectivity index (χ1) is 6.70. The summed E-state index contributed by atoms with van der Waals surface area (Å²) in [4.78, 5) is 20.3. The molecule has 0 heterocycles. The highest BCUT2D eigenvalue weighted by molar-refractivity contribution is 7.99. The molecule has 80 valence electrons. The van der Waals surface area contributed by atoms with Crippen LogP contribution in [0.1, 0.15) is 6.42 Å². The van der Waals surface area contributed by atoms with Gasteiger partial charge in [-0.25, -0.2) is 10.2 Å². The Morgan fingerprint density at radius 2 is 2.43 bits per heavy atom. The number of thioether (sulfide) groups is 1. The summed E-state index contributed by atoms with van der Waals surface area (Å²) in [5, 5.41) is 3.61. The van der Waals surface area contributed by atoms with Crippen molar-refractivity contribution in [2.45, 2.75) is 6.42 Å². The van der Waals surface area contributed by atoms with E-state index in [0.29, 0.717) is 23.8 Å². The number of urea groups is 1. The molecule has 0 unspecified atom stereocenters. The van der Waals surface area contributed by atoms with Crippen LogP contribution in [0.4, 0.5) is 4.79 Å². The molecule has 0 fully saturated rings. The lowest BCUT2D eigenvalue weighted by Gasteiger charge is -2.03. The molecule has 0 aromatic heterocycles. The number of hydrazone groups is 1. The summed E-state index contributed by atoms with van der Waals surface area (Å²) in [6, 6.07) is -0.736. The van der Waals surface area contributed by atoms with Crippen LogP contribution in [0.5, 0.6) is 0 Å². The highest BCUT2D eigenvalue weighted by Crippen LogP contribution is 2.01. The van der Waals surface area contributed by atoms with Gasteiger partial charge in [0.2, 0.25) is 5.90 Å². The molecule has 0 bridgehead atoms. The Hall–Kier alpha value is -1.24. The number of amides is 2. The summed E-state index contributed by atoms with van der Waals surface area (Å²) < 4.78 is 4.86.